The first-order chi connectivity index (χ1) is 8.33. The van der Waals surface area contributed by atoms with Crippen LogP contribution in [0.1, 0.15) is 17.5 Å². The van der Waals surface area contributed by atoms with E-state index in [2.05, 4.69) is 34.9 Å². The minimum atomic E-state index is 0. The summed E-state index contributed by atoms with van der Waals surface area (Å²) in [6.45, 7) is 1.68. The van der Waals surface area contributed by atoms with Crippen molar-refractivity contribution < 1.29 is 4.79 Å². The number of aryl methyl sites for hydroxylation is 1. The number of benzene rings is 1. The molecule has 3 rings (SSSR count). The molecular formula is C14H19ClN2O. The number of carbonyl (C=O) groups excluding carboxylic acids is 1. The van der Waals surface area contributed by atoms with Crippen molar-refractivity contribution in [3.63, 3.8) is 0 Å². The lowest BCUT2D eigenvalue weighted by molar-refractivity contribution is -0.127. The van der Waals surface area contributed by atoms with Crippen molar-refractivity contribution >= 4 is 18.3 Å². The predicted molar refractivity (Wildman–Crippen MR) is 74.0 cm³/mol. The number of nitrogens with one attached hydrogen (secondary N) is 2. The third-order valence-electron chi connectivity index (χ3n) is 3.85. The van der Waals surface area contributed by atoms with Crippen LogP contribution < -0.4 is 10.6 Å². The van der Waals surface area contributed by atoms with Gasteiger partial charge in [-0.2, -0.15) is 0 Å². The van der Waals surface area contributed by atoms with Gasteiger partial charge in [0.05, 0.1) is 5.92 Å². The molecule has 2 aliphatic rings. The number of halogens is 1. The molecule has 1 aliphatic carbocycles. The molecule has 0 aromatic heterocycles. The van der Waals surface area contributed by atoms with Gasteiger partial charge in [-0.25, -0.2) is 0 Å². The molecule has 1 aromatic rings. The molecule has 0 spiro atoms. The Morgan fingerprint density at radius 3 is 2.61 bits per heavy atom. The number of amides is 1. The van der Waals surface area contributed by atoms with Crippen LogP contribution in [-0.2, 0) is 17.6 Å². The molecule has 4 heteroatoms. The van der Waals surface area contributed by atoms with Gasteiger partial charge in [-0.05, 0) is 30.4 Å². The van der Waals surface area contributed by atoms with Crippen LogP contribution in [0.4, 0.5) is 0 Å². The van der Waals surface area contributed by atoms with Gasteiger partial charge in [0, 0.05) is 19.1 Å². The van der Waals surface area contributed by atoms with Crippen molar-refractivity contribution in [3.05, 3.63) is 35.4 Å². The fraction of sp³-hybridized carbons (Fsp3) is 0.500. The van der Waals surface area contributed by atoms with Gasteiger partial charge >= 0.3 is 0 Å². The molecule has 0 radical (unpaired) electrons. The van der Waals surface area contributed by atoms with E-state index in [1.807, 2.05) is 0 Å². The lowest BCUT2D eigenvalue weighted by Gasteiger charge is -2.30. The first kappa shape index (κ1) is 13.4. The largest absolute Gasteiger partial charge is 0.353 e. The quantitative estimate of drug-likeness (QED) is 0.847. The number of fused-ring (bicyclic) bond motifs is 1. The lowest BCUT2D eigenvalue weighted by atomic mass is 9.88. The van der Waals surface area contributed by atoms with Crippen molar-refractivity contribution in [1.82, 2.24) is 10.6 Å². The fourth-order valence-corrected chi connectivity index (χ4v) is 2.61. The first-order valence-corrected chi connectivity index (χ1v) is 6.41. The van der Waals surface area contributed by atoms with Crippen molar-refractivity contribution in [2.24, 2.45) is 5.92 Å². The predicted octanol–water partition coefficient (Wildman–Crippen LogP) is 1.30. The fourth-order valence-electron chi connectivity index (χ4n) is 2.61. The standard InChI is InChI=1S/C14H18N2O.ClH/c17-14(12-8-15-9-12)16-13-6-5-10-3-1-2-4-11(10)7-13;/h1-4,12-13,15H,5-9H2,(H,16,17);1H. The van der Waals surface area contributed by atoms with Crippen LogP contribution in [0.25, 0.3) is 0 Å². The Hall–Kier alpha value is -1.06. The highest BCUT2D eigenvalue weighted by Gasteiger charge is 2.27. The van der Waals surface area contributed by atoms with E-state index >= 15 is 0 Å². The molecule has 3 nitrogen and oxygen atoms in total. The van der Waals surface area contributed by atoms with Gasteiger partial charge in [0.15, 0.2) is 0 Å². The zero-order valence-electron chi connectivity index (χ0n) is 10.3. The lowest BCUT2D eigenvalue weighted by Crippen LogP contribution is -2.53. The van der Waals surface area contributed by atoms with E-state index in [1.54, 1.807) is 0 Å². The summed E-state index contributed by atoms with van der Waals surface area (Å²) in [6, 6.07) is 8.89. The average Bonchev–Trinajstić information content (AvgIpc) is 2.26. The van der Waals surface area contributed by atoms with Crippen LogP contribution in [0.5, 0.6) is 0 Å². The summed E-state index contributed by atoms with van der Waals surface area (Å²) >= 11 is 0. The summed E-state index contributed by atoms with van der Waals surface area (Å²) in [5, 5.41) is 6.32. The van der Waals surface area contributed by atoms with E-state index in [-0.39, 0.29) is 24.2 Å². The molecule has 1 aliphatic heterocycles. The maximum Gasteiger partial charge on any atom is 0.225 e. The van der Waals surface area contributed by atoms with E-state index in [0.29, 0.717) is 6.04 Å². The molecule has 1 saturated heterocycles. The maximum atomic E-state index is 11.9. The SMILES string of the molecule is Cl.O=C(NC1CCc2ccccc2C1)C1CNC1. The molecule has 0 saturated carbocycles. The van der Waals surface area contributed by atoms with Gasteiger partial charge < -0.3 is 10.6 Å². The normalized spacial score (nSPS) is 22.3. The van der Waals surface area contributed by atoms with Gasteiger partial charge in [-0.3, -0.25) is 4.79 Å². The molecule has 1 heterocycles. The van der Waals surface area contributed by atoms with E-state index in [4.69, 9.17) is 0 Å². The number of hydrogen-bond acceptors (Lipinski definition) is 2. The molecule has 1 atom stereocenters. The van der Waals surface area contributed by atoms with E-state index < -0.39 is 0 Å². The zero-order chi connectivity index (χ0) is 11.7. The smallest absolute Gasteiger partial charge is 0.225 e. The second-order valence-corrected chi connectivity index (χ2v) is 5.07. The highest BCUT2D eigenvalue weighted by atomic mass is 35.5. The third-order valence-corrected chi connectivity index (χ3v) is 3.85. The number of hydrogen-bond donors (Lipinski definition) is 2. The van der Waals surface area contributed by atoms with Crippen LogP contribution in [0.3, 0.4) is 0 Å². The summed E-state index contributed by atoms with van der Waals surface area (Å²) in [5.41, 5.74) is 2.85. The zero-order valence-corrected chi connectivity index (χ0v) is 11.1. The second kappa shape index (κ2) is 5.72. The van der Waals surface area contributed by atoms with E-state index in [9.17, 15) is 4.79 Å². The topological polar surface area (TPSA) is 41.1 Å². The van der Waals surface area contributed by atoms with Gasteiger partial charge in [0.1, 0.15) is 0 Å². The Morgan fingerprint density at radius 1 is 1.22 bits per heavy atom. The summed E-state index contributed by atoms with van der Waals surface area (Å²) in [7, 11) is 0. The molecule has 18 heavy (non-hydrogen) atoms. The van der Waals surface area contributed by atoms with Crippen LogP contribution in [0.15, 0.2) is 24.3 Å². The van der Waals surface area contributed by atoms with Crippen molar-refractivity contribution in [2.45, 2.75) is 25.3 Å². The Kier molecular flexibility index (Phi) is 4.25. The monoisotopic (exact) mass is 266 g/mol. The Labute approximate surface area is 114 Å². The summed E-state index contributed by atoms with van der Waals surface area (Å²) < 4.78 is 0. The summed E-state index contributed by atoms with van der Waals surface area (Å²) in [6.07, 6.45) is 3.15. The van der Waals surface area contributed by atoms with Gasteiger partial charge in [-0.15, -0.1) is 12.4 Å². The minimum absolute atomic E-state index is 0. The minimum Gasteiger partial charge on any atom is -0.353 e. The Bertz CT molecular complexity index is 432. The molecule has 1 amide bonds. The molecule has 2 N–H and O–H groups in total. The van der Waals surface area contributed by atoms with Crippen LogP contribution in [-0.4, -0.2) is 25.0 Å². The van der Waals surface area contributed by atoms with E-state index in [1.165, 1.54) is 11.1 Å². The molecular weight excluding hydrogens is 248 g/mol. The van der Waals surface area contributed by atoms with Gasteiger partial charge in [-0.1, -0.05) is 24.3 Å². The van der Waals surface area contributed by atoms with Crippen molar-refractivity contribution in [2.75, 3.05) is 13.1 Å². The summed E-state index contributed by atoms with van der Waals surface area (Å²) in [4.78, 5) is 11.9. The van der Waals surface area contributed by atoms with Crippen molar-refractivity contribution in [3.8, 4) is 0 Å². The molecule has 1 fully saturated rings. The molecule has 1 unspecified atom stereocenters. The van der Waals surface area contributed by atoms with Crippen LogP contribution in [0, 0.1) is 5.92 Å². The molecule has 1 aromatic carbocycles. The Balaban J connectivity index is 0.00000120. The second-order valence-electron chi connectivity index (χ2n) is 5.07. The number of rotatable bonds is 2. The first-order valence-electron chi connectivity index (χ1n) is 6.41. The van der Waals surface area contributed by atoms with E-state index in [0.717, 1.165) is 32.4 Å². The van der Waals surface area contributed by atoms with Crippen LogP contribution >= 0.6 is 12.4 Å². The van der Waals surface area contributed by atoms with Gasteiger partial charge in [0.25, 0.3) is 0 Å². The molecule has 0 bridgehead atoms. The summed E-state index contributed by atoms with van der Waals surface area (Å²) in [5.74, 6) is 0.431. The maximum absolute atomic E-state index is 11.9. The highest BCUT2D eigenvalue weighted by Crippen LogP contribution is 2.21. The molecule has 98 valence electrons. The third kappa shape index (κ3) is 2.68. The van der Waals surface area contributed by atoms with Crippen LogP contribution in [0.2, 0.25) is 0 Å². The Morgan fingerprint density at radius 2 is 1.94 bits per heavy atom. The van der Waals surface area contributed by atoms with Crippen molar-refractivity contribution in [1.29, 1.82) is 0 Å². The van der Waals surface area contributed by atoms with Gasteiger partial charge in [0.2, 0.25) is 5.91 Å². The highest BCUT2D eigenvalue weighted by molar-refractivity contribution is 5.85. The number of carbonyl (C=O) groups is 1. The average molecular weight is 267 g/mol.